The molecule has 0 fully saturated rings. The maximum atomic E-state index is 12.0. The molecule has 0 aromatic carbocycles. The highest BCUT2D eigenvalue weighted by Crippen LogP contribution is 2.09. The van der Waals surface area contributed by atoms with Crippen LogP contribution in [0.25, 0.3) is 0 Å². The summed E-state index contributed by atoms with van der Waals surface area (Å²) in [5.74, 6) is -0.292. The van der Waals surface area contributed by atoms with E-state index in [9.17, 15) is 4.79 Å². The van der Waals surface area contributed by atoms with E-state index in [1.54, 1.807) is 21.0 Å². The Labute approximate surface area is 128 Å². The Balaban J connectivity index is 3.99. The summed E-state index contributed by atoms with van der Waals surface area (Å²) >= 11 is 0. The fourth-order valence-corrected chi connectivity index (χ4v) is 1.89. The van der Waals surface area contributed by atoms with Crippen molar-refractivity contribution in [2.75, 3.05) is 46.8 Å². The van der Waals surface area contributed by atoms with E-state index in [2.05, 4.69) is 5.32 Å². The Morgan fingerprint density at radius 2 is 1.81 bits per heavy atom. The van der Waals surface area contributed by atoms with Crippen LogP contribution in [0.2, 0.25) is 0 Å². The van der Waals surface area contributed by atoms with E-state index in [-0.39, 0.29) is 18.6 Å². The largest absolute Gasteiger partial charge is 0.465 e. The normalized spacial score (nSPS) is 14.2. The zero-order valence-electron chi connectivity index (χ0n) is 14.1. The average Bonchev–Trinajstić information content (AvgIpc) is 2.41. The number of carbonyl (C=O) groups is 1. The maximum Gasteiger partial charge on any atom is 0.328 e. The van der Waals surface area contributed by atoms with Gasteiger partial charge in [-0.2, -0.15) is 0 Å². The molecule has 1 N–H and O–H groups in total. The minimum absolute atomic E-state index is 0.160. The predicted octanol–water partition coefficient (Wildman–Crippen LogP) is 1.38. The number of nitrogens with one attached hydrogen (secondary N) is 1. The van der Waals surface area contributed by atoms with Crippen molar-refractivity contribution >= 4 is 5.97 Å². The number of ether oxygens (including phenoxy) is 4. The summed E-state index contributed by atoms with van der Waals surface area (Å²) in [4.78, 5) is 12.0. The second-order valence-corrected chi connectivity index (χ2v) is 5.36. The summed E-state index contributed by atoms with van der Waals surface area (Å²) in [6.45, 7) is 10.5. The van der Waals surface area contributed by atoms with Gasteiger partial charge in [0.05, 0.1) is 26.4 Å². The van der Waals surface area contributed by atoms with Crippen LogP contribution in [-0.4, -0.2) is 64.3 Å². The molecule has 1 unspecified atom stereocenters. The smallest absolute Gasteiger partial charge is 0.328 e. The summed E-state index contributed by atoms with van der Waals surface area (Å²) in [6, 6.07) is 0.160. The molecule has 0 amide bonds. The molecule has 0 bridgehead atoms. The average molecular weight is 305 g/mol. The van der Waals surface area contributed by atoms with Gasteiger partial charge in [0, 0.05) is 26.4 Å². The Kier molecular flexibility index (Phi) is 11.5. The third-order valence-electron chi connectivity index (χ3n) is 2.73. The molecule has 0 rings (SSSR count). The first-order valence-electron chi connectivity index (χ1n) is 7.55. The third-order valence-corrected chi connectivity index (χ3v) is 2.73. The summed E-state index contributed by atoms with van der Waals surface area (Å²) in [7, 11) is 1.67. The Hall–Kier alpha value is -0.690. The number of methoxy groups -OCH3 is 1. The van der Waals surface area contributed by atoms with Gasteiger partial charge in [0.2, 0.25) is 0 Å². The van der Waals surface area contributed by atoms with Crippen molar-refractivity contribution in [1.82, 2.24) is 5.32 Å². The minimum Gasteiger partial charge on any atom is -0.465 e. The molecule has 6 heteroatoms. The number of esters is 1. The first kappa shape index (κ1) is 20.3. The maximum absolute atomic E-state index is 12.0. The summed E-state index contributed by atoms with van der Waals surface area (Å²) in [6.07, 6.45) is 0.867. The van der Waals surface area contributed by atoms with Gasteiger partial charge < -0.3 is 18.9 Å². The minimum atomic E-state index is -0.833. The highest BCUT2D eigenvalue weighted by Gasteiger charge is 2.35. The van der Waals surface area contributed by atoms with Crippen molar-refractivity contribution < 1.29 is 23.7 Å². The van der Waals surface area contributed by atoms with Crippen LogP contribution in [0.15, 0.2) is 0 Å². The van der Waals surface area contributed by atoms with E-state index in [0.29, 0.717) is 33.0 Å². The standard InChI is InChI=1S/C15H31NO5/c1-6-21-14(17)15(4,16-13(2)3)12-20-11-10-19-9-7-8-18-5/h13,16H,6-12H2,1-5H3. The van der Waals surface area contributed by atoms with Crippen molar-refractivity contribution in [2.45, 2.75) is 45.7 Å². The van der Waals surface area contributed by atoms with Crippen LogP contribution in [0.4, 0.5) is 0 Å². The van der Waals surface area contributed by atoms with Gasteiger partial charge >= 0.3 is 5.97 Å². The molecule has 0 aliphatic rings. The third kappa shape index (κ3) is 9.79. The van der Waals surface area contributed by atoms with Gasteiger partial charge in [-0.25, -0.2) is 4.79 Å². The lowest BCUT2D eigenvalue weighted by Gasteiger charge is -2.30. The van der Waals surface area contributed by atoms with Gasteiger partial charge in [0.15, 0.2) is 0 Å². The van der Waals surface area contributed by atoms with E-state index < -0.39 is 5.54 Å². The number of carbonyl (C=O) groups excluding carboxylic acids is 1. The van der Waals surface area contributed by atoms with Gasteiger partial charge in [-0.1, -0.05) is 0 Å². The Morgan fingerprint density at radius 1 is 1.14 bits per heavy atom. The van der Waals surface area contributed by atoms with Gasteiger partial charge in [-0.05, 0) is 34.1 Å². The van der Waals surface area contributed by atoms with E-state index >= 15 is 0 Å². The SMILES string of the molecule is CCOC(=O)C(C)(COCCOCCCOC)NC(C)C. The van der Waals surface area contributed by atoms with E-state index in [0.717, 1.165) is 6.42 Å². The van der Waals surface area contributed by atoms with Gasteiger partial charge in [0.1, 0.15) is 5.54 Å². The van der Waals surface area contributed by atoms with Crippen molar-refractivity contribution in [2.24, 2.45) is 0 Å². The molecule has 0 spiro atoms. The zero-order valence-corrected chi connectivity index (χ0v) is 14.1. The number of hydrogen-bond donors (Lipinski definition) is 1. The lowest BCUT2D eigenvalue weighted by molar-refractivity contribution is -0.154. The van der Waals surface area contributed by atoms with Crippen molar-refractivity contribution in [3.8, 4) is 0 Å². The van der Waals surface area contributed by atoms with Crippen molar-refractivity contribution in [1.29, 1.82) is 0 Å². The molecule has 0 saturated carbocycles. The van der Waals surface area contributed by atoms with Crippen LogP contribution in [0.1, 0.15) is 34.1 Å². The highest BCUT2D eigenvalue weighted by molar-refractivity contribution is 5.80. The van der Waals surface area contributed by atoms with Crippen LogP contribution in [0, 0.1) is 0 Å². The van der Waals surface area contributed by atoms with Crippen molar-refractivity contribution in [3.63, 3.8) is 0 Å². The molecule has 126 valence electrons. The summed E-state index contributed by atoms with van der Waals surface area (Å²) in [5.41, 5.74) is -0.833. The second-order valence-electron chi connectivity index (χ2n) is 5.36. The lowest BCUT2D eigenvalue weighted by Crippen LogP contribution is -2.56. The molecule has 0 heterocycles. The molecule has 21 heavy (non-hydrogen) atoms. The second kappa shape index (κ2) is 11.9. The molecule has 0 aliphatic heterocycles. The molecule has 0 radical (unpaired) electrons. The van der Waals surface area contributed by atoms with Crippen LogP contribution < -0.4 is 5.32 Å². The van der Waals surface area contributed by atoms with Crippen LogP contribution in [-0.2, 0) is 23.7 Å². The van der Waals surface area contributed by atoms with Crippen LogP contribution in [0.5, 0.6) is 0 Å². The van der Waals surface area contributed by atoms with Crippen LogP contribution in [0.3, 0.4) is 0 Å². The first-order chi connectivity index (χ1) is 9.96. The molecular weight excluding hydrogens is 274 g/mol. The molecule has 0 aromatic heterocycles. The van der Waals surface area contributed by atoms with Gasteiger partial charge in [-0.3, -0.25) is 5.32 Å². The Bertz CT molecular complexity index is 273. The van der Waals surface area contributed by atoms with E-state index in [1.165, 1.54) is 0 Å². The summed E-state index contributed by atoms with van der Waals surface area (Å²) in [5, 5.41) is 3.20. The topological polar surface area (TPSA) is 66.0 Å². The van der Waals surface area contributed by atoms with Crippen LogP contribution >= 0.6 is 0 Å². The van der Waals surface area contributed by atoms with Gasteiger partial charge in [0.25, 0.3) is 0 Å². The van der Waals surface area contributed by atoms with E-state index in [4.69, 9.17) is 18.9 Å². The zero-order chi connectivity index (χ0) is 16.1. The molecule has 6 nitrogen and oxygen atoms in total. The highest BCUT2D eigenvalue weighted by atomic mass is 16.5. The fourth-order valence-electron chi connectivity index (χ4n) is 1.89. The Morgan fingerprint density at radius 3 is 2.38 bits per heavy atom. The van der Waals surface area contributed by atoms with E-state index in [1.807, 2.05) is 13.8 Å². The molecule has 0 aliphatic carbocycles. The molecular formula is C15H31NO5. The summed E-state index contributed by atoms with van der Waals surface area (Å²) < 4.78 is 21.0. The number of rotatable bonds is 13. The first-order valence-corrected chi connectivity index (χ1v) is 7.55. The fraction of sp³-hybridized carbons (Fsp3) is 0.933. The molecule has 1 atom stereocenters. The number of hydrogen-bond acceptors (Lipinski definition) is 6. The predicted molar refractivity (Wildman–Crippen MR) is 81.4 cm³/mol. The molecule has 0 saturated heterocycles. The lowest BCUT2D eigenvalue weighted by atomic mass is 10.0. The monoisotopic (exact) mass is 305 g/mol. The molecule has 0 aromatic rings. The van der Waals surface area contributed by atoms with Gasteiger partial charge in [-0.15, -0.1) is 0 Å². The van der Waals surface area contributed by atoms with Crippen molar-refractivity contribution in [3.05, 3.63) is 0 Å². The quantitative estimate of drug-likeness (QED) is 0.409.